The van der Waals surface area contributed by atoms with Crippen LogP contribution in [0.25, 0.3) is 0 Å². The molecule has 0 saturated heterocycles. The average Bonchev–Trinajstić information content (AvgIpc) is 2.96. The third-order valence-corrected chi connectivity index (χ3v) is 11.3. The molecule has 0 heterocycles. The molecular formula is C29H48O. The van der Waals surface area contributed by atoms with E-state index in [0.29, 0.717) is 27.9 Å². The second-order valence-electron chi connectivity index (χ2n) is 13.0. The van der Waals surface area contributed by atoms with Crippen molar-refractivity contribution in [2.24, 2.45) is 45.8 Å². The summed E-state index contributed by atoms with van der Waals surface area (Å²) in [5.41, 5.74) is 4.87. The van der Waals surface area contributed by atoms with Gasteiger partial charge in [-0.05, 0) is 84.9 Å². The Labute approximate surface area is 186 Å². The largest absolute Gasteiger partial charge is 0.299 e. The second kappa shape index (κ2) is 7.77. The van der Waals surface area contributed by atoms with Crippen molar-refractivity contribution >= 4 is 5.78 Å². The number of hydrogen-bond acceptors (Lipinski definition) is 1. The highest BCUT2D eigenvalue weighted by Gasteiger charge is 2.62. The van der Waals surface area contributed by atoms with Crippen molar-refractivity contribution in [3.8, 4) is 0 Å². The van der Waals surface area contributed by atoms with Gasteiger partial charge in [0.2, 0.25) is 0 Å². The molecule has 2 saturated carbocycles. The van der Waals surface area contributed by atoms with Gasteiger partial charge in [0.1, 0.15) is 5.78 Å². The summed E-state index contributed by atoms with van der Waals surface area (Å²) in [5.74, 6) is 3.99. The predicted molar refractivity (Wildman–Crippen MR) is 127 cm³/mol. The molecule has 1 heteroatoms. The van der Waals surface area contributed by atoms with E-state index in [2.05, 4.69) is 48.5 Å². The zero-order valence-electron chi connectivity index (χ0n) is 21.1. The zero-order valence-corrected chi connectivity index (χ0v) is 21.1. The number of Topliss-reactive ketones (excluding diaryl/α,β-unsaturated/α-hetero) is 1. The number of allylic oxidation sites excluding steroid dienone is 2. The van der Waals surface area contributed by atoms with E-state index in [1.807, 2.05) is 11.1 Å². The predicted octanol–water partition coefficient (Wildman–Crippen LogP) is 8.38. The Morgan fingerprint density at radius 2 is 1.63 bits per heavy atom. The van der Waals surface area contributed by atoms with Crippen LogP contribution in [-0.2, 0) is 4.79 Å². The Bertz CT molecular complexity index is 716. The summed E-state index contributed by atoms with van der Waals surface area (Å²) in [5, 5.41) is 0. The third-order valence-electron chi connectivity index (χ3n) is 11.3. The third kappa shape index (κ3) is 3.19. The van der Waals surface area contributed by atoms with Crippen LogP contribution in [0.1, 0.15) is 119 Å². The van der Waals surface area contributed by atoms with Crippen molar-refractivity contribution in [1.82, 2.24) is 0 Å². The molecule has 0 aromatic carbocycles. The summed E-state index contributed by atoms with van der Waals surface area (Å²) in [6.07, 6.45) is 14.2. The van der Waals surface area contributed by atoms with E-state index in [1.165, 1.54) is 57.8 Å². The lowest BCUT2D eigenvalue weighted by Crippen LogP contribution is -2.50. The van der Waals surface area contributed by atoms with Gasteiger partial charge in [0.15, 0.2) is 0 Å². The van der Waals surface area contributed by atoms with Gasteiger partial charge in [0.05, 0.1) is 0 Å². The topological polar surface area (TPSA) is 17.1 Å². The van der Waals surface area contributed by atoms with Crippen molar-refractivity contribution in [2.45, 2.75) is 119 Å². The van der Waals surface area contributed by atoms with Crippen LogP contribution < -0.4 is 0 Å². The molecule has 0 aliphatic heterocycles. The maximum absolute atomic E-state index is 12.5. The van der Waals surface area contributed by atoms with Crippen LogP contribution in [0, 0.1) is 45.8 Å². The summed E-state index contributed by atoms with van der Waals surface area (Å²) < 4.78 is 0. The lowest BCUT2D eigenvalue weighted by atomic mass is 9.45. The quantitative estimate of drug-likeness (QED) is 0.414. The summed E-state index contributed by atoms with van der Waals surface area (Å²) in [6.45, 7) is 17.4. The van der Waals surface area contributed by atoms with Gasteiger partial charge >= 0.3 is 0 Å². The lowest BCUT2D eigenvalue weighted by Gasteiger charge is -2.59. The molecule has 0 amide bonds. The smallest absolute Gasteiger partial charge is 0.136 e. The molecule has 4 aliphatic carbocycles. The molecule has 0 spiro atoms. The Morgan fingerprint density at radius 1 is 0.900 bits per heavy atom. The van der Waals surface area contributed by atoms with Gasteiger partial charge in [0, 0.05) is 12.3 Å². The Morgan fingerprint density at radius 3 is 2.33 bits per heavy atom. The number of ketones is 1. The van der Waals surface area contributed by atoms with Crippen molar-refractivity contribution < 1.29 is 4.79 Å². The fraction of sp³-hybridized carbons (Fsp3) is 0.897. The molecule has 30 heavy (non-hydrogen) atoms. The summed E-state index contributed by atoms with van der Waals surface area (Å²) >= 11 is 0. The van der Waals surface area contributed by atoms with Crippen molar-refractivity contribution in [3.63, 3.8) is 0 Å². The minimum absolute atomic E-state index is 0.274. The minimum atomic E-state index is 0.274. The maximum atomic E-state index is 12.5. The summed E-state index contributed by atoms with van der Waals surface area (Å²) in [7, 11) is 0. The molecule has 0 aromatic heterocycles. The molecule has 4 aliphatic rings. The van der Waals surface area contributed by atoms with Crippen LogP contribution in [0.15, 0.2) is 11.1 Å². The van der Waals surface area contributed by atoms with E-state index in [4.69, 9.17) is 0 Å². The highest BCUT2D eigenvalue weighted by molar-refractivity contribution is 5.82. The monoisotopic (exact) mass is 412 g/mol. The van der Waals surface area contributed by atoms with E-state index in [0.717, 1.165) is 30.6 Å². The lowest BCUT2D eigenvalue weighted by molar-refractivity contribution is -0.130. The molecule has 170 valence electrons. The van der Waals surface area contributed by atoms with Crippen molar-refractivity contribution in [3.05, 3.63) is 11.1 Å². The molecule has 2 fully saturated rings. The van der Waals surface area contributed by atoms with E-state index in [1.54, 1.807) is 0 Å². The van der Waals surface area contributed by atoms with Gasteiger partial charge in [-0.15, -0.1) is 0 Å². The Balaban J connectivity index is 1.61. The zero-order chi connectivity index (χ0) is 21.9. The number of carbonyl (C=O) groups excluding carboxylic acids is 1. The van der Waals surface area contributed by atoms with Crippen LogP contribution in [-0.4, -0.2) is 5.78 Å². The molecule has 4 rings (SSSR count). The summed E-state index contributed by atoms with van der Waals surface area (Å²) in [4.78, 5) is 12.5. The van der Waals surface area contributed by atoms with E-state index >= 15 is 0 Å². The number of rotatable bonds is 5. The molecule has 7 atom stereocenters. The first-order valence-electron chi connectivity index (χ1n) is 13.3. The first-order chi connectivity index (χ1) is 14.0. The van der Waals surface area contributed by atoms with Crippen LogP contribution >= 0.6 is 0 Å². The van der Waals surface area contributed by atoms with Gasteiger partial charge in [0.25, 0.3) is 0 Å². The summed E-state index contributed by atoms with van der Waals surface area (Å²) in [6, 6.07) is 0. The van der Waals surface area contributed by atoms with Crippen LogP contribution in [0.3, 0.4) is 0 Å². The molecule has 0 unspecified atom stereocenters. The normalized spacial score (nSPS) is 44.7. The van der Waals surface area contributed by atoms with Gasteiger partial charge < -0.3 is 0 Å². The molecular weight excluding hydrogens is 364 g/mol. The highest BCUT2D eigenvalue weighted by Crippen LogP contribution is 2.71. The van der Waals surface area contributed by atoms with Crippen LogP contribution in [0.5, 0.6) is 0 Å². The average molecular weight is 413 g/mol. The SMILES string of the molecule is CC(C)CCC[C@@H](C)[C@H]1CC[C@@]2(C)C3=C(CC[C@]12C)[C@@]1(C)CCC(=O)[C@@H](C)[C@@H]1CC3. The molecule has 0 aromatic rings. The van der Waals surface area contributed by atoms with Crippen molar-refractivity contribution in [1.29, 1.82) is 0 Å². The minimum Gasteiger partial charge on any atom is -0.299 e. The van der Waals surface area contributed by atoms with E-state index < -0.39 is 0 Å². The number of fused-ring (bicyclic) bond motifs is 4. The van der Waals surface area contributed by atoms with Crippen molar-refractivity contribution in [2.75, 3.05) is 0 Å². The van der Waals surface area contributed by atoms with Gasteiger partial charge in [-0.2, -0.15) is 0 Å². The van der Waals surface area contributed by atoms with Gasteiger partial charge in [-0.1, -0.05) is 78.9 Å². The molecule has 1 nitrogen and oxygen atoms in total. The molecule has 0 N–H and O–H groups in total. The van der Waals surface area contributed by atoms with Crippen LogP contribution in [0.2, 0.25) is 0 Å². The van der Waals surface area contributed by atoms with Gasteiger partial charge in [-0.25, -0.2) is 0 Å². The highest BCUT2D eigenvalue weighted by atomic mass is 16.1. The number of hydrogen-bond donors (Lipinski definition) is 0. The fourth-order valence-electron chi connectivity index (χ4n) is 9.12. The van der Waals surface area contributed by atoms with Gasteiger partial charge in [-0.3, -0.25) is 4.79 Å². The van der Waals surface area contributed by atoms with E-state index in [9.17, 15) is 4.79 Å². The molecule has 0 radical (unpaired) electrons. The Hall–Kier alpha value is -0.590. The first-order valence-corrected chi connectivity index (χ1v) is 13.3. The maximum Gasteiger partial charge on any atom is 0.136 e. The second-order valence-corrected chi connectivity index (χ2v) is 13.0. The van der Waals surface area contributed by atoms with E-state index in [-0.39, 0.29) is 5.92 Å². The first kappa shape index (κ1) is 22.6. The standard InChI is InChI=1S/C29H48O/c1-19(2)9-8-10-20(3)22-13-17-29(7)25-12-11-23-21(4)26(30)15-16-27(23,5)24(25)14-18-28(22,29)6/h19-23H,8-18H2,1-7H3/t20-,21+,22-,23+,27+,28-,29+/m1/s1. The Kier molecular flexibility index (Phi) is 5.85. The fourth-order valence-corrected chi connectivity index (χ4v) is 9.12. The van der Waals surface area contributed by atoms with Crippen LogP contribution in [0.4, 0.5) is 0 Å². The number of carbonyl (C=O) groups is 1. The molecule has 0 bridgehead atoms.